The topological polar surface area (TPSA) is 84.6 Å². The van der Waals surface area contributed by atoms with Crippen molar-refractivity contribution < 1.29 is 9.72 Å². The van der Waals surface area contributed by atoms with Gasteiger partial charge in [-0.15, -0.1) is 0 Å². The number of nitro groups is 1. The molecule has 0 saturated carbocycles. The fourth-order valence-electron chi connectivity index (χ4n) is 2.51. The standard InChI is InChI=1S/C16H13N3O3/c1-9-5-10(2)7-11(6-9)17-15-13-8-12(19(21)22)3-4-14(13)18-16(15)20/h3-8H,1-2H3,(H,17,18,20). The van der Waals surface area contributed by atoms with Crippen LogP contribution in [0.2, 0.25) is 0 Å². The van der Waals surface area contributed by atoms with Gasteiger partial charge in [0.25, 0.3) is 11.6 Å². The normalized spacial score (nSPS) is 14.8. The number of benzene rings is 2. The molecule has 1 aliphatic heterocycles. The predicted octanol–water partition coefficient (Wildman–Crippen LogP) is 3.28. The lowest BCUT2D eigenvalue weighted by molar-refractivity contribution is -0.384. The molecule has 0 fully saturated rings. The summed E-state index contributed by atoms with van der Waals surface area (Å²) in [7, 11) is 0. The van der Waals surface area contributed by atoms with E-state index < -0.39 is 4.92 Å². The number of rotatable bonds is 2. The molecular formula is C16H13N3O3. The van der Waals surface area contributed by atoms with Crippen molar-refractivity contribution in [2.24, 2.45) is 4.99 Å². The van der Waals surface area contributed by atoms with Gasteiger partial charge in [-0.05, 0) is 43.2 Å². The molecule has 6 heteroatoms. The Kier molecular flexibility index (Phi) is 3.21. The molecule has 0 bridgehead atoms. The highest BCUT2D eigenvalue weighted by Crippen LogP contribution is 2.29. The van der Waals surface area contributed by atoms with Gasteiger partial charge in [-0.3, -0.25) is 14.9 Å². The summed E-state index contributed by atoms with van der Waals surface area (Å²) in [6.07, 6.45) is 0. The van der Waals surface area contributed by atoms with Crippen LogP contribution in [-0.4, -0.2) is 16.5 Å². The Hall–Kier alpha value is -3.02. The minimum atomic E-state index is -0.489. The highest BCUT2D eigenvalue weighted by Gasteiger charge is 2.28. The summed E-state index contributed by atoms with van der Waals surface area (Å²) in [4.78, 5) is 26.9. The molecule has 0 saturated heterocycles. The van der Waals surface area contributed by atoms with Crippen LogP contribution in [0.25, 0.3) is 0 Å². The summed E-state index contributed by atoms with van der Waals surface area (Å²) >= 11 is 0. The number of hydrogen-bond acceptors (Lipinski definition) is 4. The minimum absolute atomic E-state index is 0.0663. The van der Waals surface area contributed by atoms with E-state index in [0.29, 0.717) is 16.9 Å². The van der Waals surface area contributed by atoms with Gasteiger partial charge in [0.05, 0.1) is 16.3 Å². The summed E-state index contributed by atoms with van der Waals surface area (Å²) < 4.78 is 0. The van der Waals surface area contributed by atoms with E-state index in [4.69, 9.17) is 0 Å². The first kappa shape index (κ1) is 13.9. The van der Waals surface area contributed by atoms with Gasteiger partial charge in [0.2, 0.25) is 0 Å². The quantitative estimate of drug-likeness (QED) is 0.681. The molecule has 0 unspecified atom stereocenters. The zero-order valence-corrected chi connectivity index (χ0v) is 12.1. The monoisotopic (exact) mass is 295 g/mol. The van der Waals surface area contributed by atoms with Gasteiger partial charge in [0.15, 0.2) is 0 Å². The molecule has 2 aromatic rings. The van der Waals surface area contributed by atoms with Crippen LogP contribution in [-0.2, 0) is 4.79 Å². The summed E-state index contributed by atoms with van der Waals surface area (Å²) in [5, 5.41) is 13.6. The van der Waals surface area contributed by atoms with Crippen LogP contribution in [0.3, 0.4) is 0 Å². The molecule has 0 aromatic heterocycles. The Labute approximate surface area is 126 Å². The van der Waals surface area contributed by atoms with Gasteiger partial charge < -0.3 is 5.32 Å². The molecule has 6 nitrogen and oxygen atoms in total. The second-order valence-corrected chi connectivity index (χ2v) is 5.25. The number of non-ortho nitro benzene ring substituents is 1. The maximum absolute atomic E-state index is 12.1. The van der Waals surface area contributed by atoms with Crippen LogP contribution < -0.4 is 5.32 Å². The van der Waals surface area contributed by atoms with Crippen molar-refractivity contribution in [1.82, 2.24) is 0 Å². The number of carbonyl (C=O) groups excluding carboxylic acids is 1. The van der Waals surface area contributed by atoms with E-state index in [2.05, 4.69) is 10.3 Å². The SMILES string of the molecule is Cc1cc(C)cc(N=C2C(=O)Nc3ccc([N+](=O)[O-])cc32)c1. The molecule has 1 aliphatic rings. The lowest BCUT2D eigenvalue weighted by atomic mass is 10.1. The number of aliphatic imine (C=N–C) groups is 1. The summed E-state index contributed by atoms with van der Waals surface area (Å²) in [5.74, 6) is -0.352. The number of anilines is 1. The molecular weight excluding hydrogens is 282 g/mol. The number of fused-ring (bicyclic) bond motifs is 1. The molecule has 1 heterocycles. The van der Waals surface area contributed by atoms with E-state index in [1.54, 1.807) is 0 Å². The Morgan fingerprint density at radius 3 is 2.41 bits per heavy atom. The molecule has 22 heavy (non-hydrogen) atoms. The molecule has 0 spiro atoms. The zero-order chi connectivity index (χ0) is 15.9. The summed E-state index contributed by atoms with van der Waals surface area (Å²) in [6.45, 7) is 3.90. The Morgan fingerprint density at radius 2 is 1.77 bits per heavy atom. The number of nitrogens with one attached hydrogen (secondary N) is 1. The lowest BCUT2D eigenvalue weighted by Gasteiger charge is -2.02. The highest BCUT2D eigenvalue weighted by atomic mass is 16.6. The van der Waals surface area contributed by atoms with Crippen molar-refractivity contribution in [3.05, 3.63) is 63.2 Å². The fraction of sp³-hybridized carbons (Fsp3) is 0.125. The van der Waals surface area contributed by atoms with Gasteiger partial charge in [0.1, 0.15) is 5.71 Å². The van der Waals surface area contributed by atoms with E-state index in [1.165, 1.54) is 18.2 Å². The number of aryl methyl sites for hydroxylation is 2. The molecule has 0 atom stereocenters. The first-order valence-corrected chi connectivity index (χ1v) is 6.71. The number of nitrogens with zero attached hydrogens (tertiary/aromatic N) is 2. The fourth-order valence-corrected chi connectivity index (χ4v) is 2.51. The predicted molar refractivity (Wildman–Crippen MR) is 83.8 cm³/mol. The van der Waals surface area contributed by atoms with Crippen molar-refractivity contribution in [3.8, 4) is 0 Å². The maximum atomic E-state index is 12.1. The van der Waals surface area contributed by atoms with Gasteiger partial charge in [-0.2, -0.15) is 0 Å². The largest absolute Gasteiger partial charge is 0.320 e. The number of hydrogen-bond donors (Lipinski definition) is 1. The van der Waals surface area contributed by atoms with Crippen molar-refractivity contribution in [2.45, 2.75) is 13.8 Å². The third-order valence-electron chi connectivity index (χ3n) is 3.38. The van der Waals surface area contributed by atoms with Crippen LogP contribution >= 0.6 is 0 Å². The van der Waals surface area contributed by atoms with E-state index >= 15 is 0 Å². The van der Waals surface area contributed by atoms with E-state index in [-0.39, 0.29) is 17.3 Å². The van der Waals surface area contributed by atoms with E-state index in [0.717, 1.165) is 11.1 Å². The van der Waals surface area contributed by atoms with Crippen molar-refractivity contribution in [3.63, 3.8) is 0 Å². The van der Waals surface area contributed by atoms with Crippen LogP contribution in [0.4, 0.5) is 17.1 Å². The Morgan fingerprint density at radius 1 is 1.09 bits per heavy atom. The van der Waals surface area contributed by atoms with E-state index in [9.17, 15) is 14.9 Å². The smallest absolute Gasteiger partial charge is 0.275 e. The molecule has 0 radical (unpaired) electrons. The first-order valence-electron chi connectivity index (χ1n) is 6.71. The number of carbonyl (C=O) groups is 1. The molecule has 3 rings (SSSR count). The molecule has 1 N–H and O–H groups in total. The van der Waals surface area contributed by atoms with Crippen molar-refractivity contribution in [1.29, 1.82) is 0 Å². The summed E-state index contributed by atoms with van der Waals surface area (Å²) in [5.41, 5.74) is 3.86. The van der Waals surface area contributed by atoms with E-state index in [1.807, 2.05) is 32.0 Å². The van der Waals surface area contributed by atoms with Crippen LogP contribution in [0.15, 0.2) is 41.4 Å². The van der Waals surface area contributed by atoms with Gasteiger partial charge in [-0.1, -0.05) is 6.07 Å². The Balaban J connectivity index is 2.12. The second kappa shape index (κ2) is 5.07. The number of nitro benzene ring substituents is 1. The average Bonchev–Trinajstić information content (AvgIpc) is 2.73. The number of amides is 1. The Bertz CT molecular complexity index is 820. The molecule has 0 aliphatic carbocycles. The second-order valence-electron chi connectivity index (χ2n) is 5.25. The third kappa shape index (κ3) is 2.46. The van der Waals surface area contributed by atoms with Crippen LogP contribution in [0.5, 0.6) is 0 Å². The average molecular weight is 295 g/mol. The zero-order valence-electron chi connectivity index (χ0n) is 12.1. The first-order chi connectivity index (χ1) is 10.4. The maximum Gasteiger partial charge on any atom is 0.275 e. The van der Waals surface area contributed by atoms with Gasteiger partial charge in [-0.25, -0.2) is 4.99 Å². The van der Waals surface area contributed by atoms with Crippen molar-refractivity contribution >= 4 is 28.7 Å². The van der Waals surface area contributed by atoms with Crippen LogP contribution in [0.1, 0.15) is 16.7 Å². The molecule has 2 aromatic carbocycles. The third-order valence-corrected chi connectivity index (χ3v) is 3.38. The lowest BCUT2D eigenvalue weighted by Crippen LogP contribution is -2.13. The minimum Gasteiger partial charge on any atom is -0.320 e. The van der Waals surface area contributed by atoms with Gasteiger partial charge in [0, 0.05) is 17.7 Å². The summed E-state index contributed by atoms with van der Waals surface area (Å²) in [6, 6.07) is 9.99. The van der Waals surface area contributed by atoms with Gasteiger partial charge >= 0.3 is 0 Å². The van der Waals surface area contributed by atoms with Crippen molar-refractivity contribution in [2.75, 3.05) is 5.32 Å². The van der Waals surface area contributed by atoms with Crippen LogP contribution in [0, 0.1) is 24.0 Å². The molecule has 1 amide bonds. The molecule has 110 valence electrons. The highest BCUT2D eigenvalue weighted by molar-refractivity contribution is 6.54.